The Hall–Kier alpha value is -1.39. The zero-order chi connectivity index (χ0) is 12.7. The maximum atomic E-state index is 13.8. The predicted octanol–water partition coefficient (Wildman–Crippen LogP) is 3.65. The fourth-order valence-electron chi connectivity index (χ4n) is 2.17. The summed E-state index contributed by atoms with van der Waals surface area (Å²) in [5.74, 6) is -1.40. The van der Waals surface area contributed by atoms with E-state index in [0.29, 0.717) is 11.3 Å². The Morgan fingerprint density at radius 3 is 2.67 bits per heavy atom. The number of fused-ring (bicyclic) bond motifs is 2. The number of aliphatic hydroxyl groups is 1. The summed E-state index contributed by atoms with van der Waals surface area (Å²) >= 11 is 1.41. The molecule has 0 aliphatic carbocycles. The highest BCUT2D eigenvalue weighted by atomic mass is 32.2. The van der Waals surface area contributed by atoms with Gasteiger partial charge in [0.1, 0.15) is 6.10 Å². The van der Waals surface area contributed by atoms with Gasteiger partial charge >= 0.3 is 0 Å². The van der Waals surface area contributed by atoms with Crippen LogP contribution >= 0.6 is 11.8 Å². The third-order valence-electron chi connectivity index (χ3n) is 3.11. The molecule has 2 aromatic rings. The molecule has 3 rings (SSSR count). The van der Waals surface area contributed by atoms with E-state index in [1.54, 1.807) is 0 Å². The minimum Gasteiger partial charge on any atom is -0.384 e. The SMILES string of the molecule is OC1c2ccccc2SCc2c1ccc(F)c2F. The Labute approximate surface area is 107 Å². The van der Waals surface area contributed by atoms with E-state index in [9.17, 15) is 13.9 Å². The molecule has 4 heteroatoms. The molecule has 0 aromatic heterocycles. The number of hydrogen-bond donors (Lipinski definition) is 1. The first-order valence-corrected chi connectivity index (χ1v) is 6.53. The van der Waals surface area contributed by atoms with Crippen LogP contribution in [0.4, 0.5) is 8.78 Å². The summed E-state index contributed by atoms with van der Waals surface area (Å²) in [6.45, 7) is 0. The molecule has 1 aliphatic heterocycles. The second kappa shape index (κ2) is 4.37. The first-order valence-electron chi connectivity index (χ1n) is 5.55. The van der Waals surface area contributed by atoms with Crippen molar-refractivity contribution < 1.29 is 13.9 Å². The van der Waals surface area contributed by atoms with Gasteiger partial charge in [-0.15, -0.1) is 11.8 Å². The summed E-state index contributed by atoms with van der Waals surface area (Å²) in [6.07, 6.45) is -0.902. The quantitative estimate of drug-likeness (QED) is 0.783. The Bertz CT molecular complexity index is 613. The van der Waals surface area contributed by atoms with Crippen LogP contribution in [0, 0.1) is 11.6 Å². The molecule has 1 nitrogen and oxygen atoms in total. The van der Waals surface area contributed by atoms with Gasteiger partial charge in [-0.25, -0.2) is 8.78 Å². The second-order valence-electron chi connectivity index (χ2n) is 4.16. The predicted molar refractivity (Wildman–Crippen MR) is 66.4 cm³/mol. The van der Waals surface area contributed by atoms with Gasteiger partial charge in [-0.3, -0.25) is 0 Å². The fraction of sp³-hybridized carbons (Fsp3) is 0.143. The highest BCUT2D eigenvalue weighted by Crippen LogP contribution is 2.40. The number of hydrogen-bond acceptors (Lipinski definition) is 2. The van der Waals surface area contributed by atoms with E-state index in [2.05, 4.69) is 0 Å². The van der Waals surface area contributed by atoms with E-state index in [-0.39, 0.29) is 5.56 Å². The highest BCUT2D eigenvalue weighted by Gasteiger charge is 2.25. The minimum atomic E-state index is -0.902. The van der Waals surface area contributed by atoms with Crippen molar-refractivity contribution in [1.82, 2.24) is 0 Å². The molecule has 0 amide bonds. The lowest BCUT2D eigenvalue weighted by Gasteiger charge is -2.14. The monoisotopic (exact) mass is 264 g/mol. The molecule has 0 spiro atoms. The van der Waals surface area contributed by atoms with Crippen molar-refractivity contribution in [2.24, 2.45) is 0 Å². The van der Waals surface area contributed by atoms with E-state index in [4.69, 9.17) is 0 Å². The molecule has 1 heterocycles. The number of thioether (sulfide) groups is 1. The maximum Gasteiger partial charge on any atom is 0.163 e. The van der Waals surface area contributed by atoms with Crippen molar-refractivity contribution in [3.05, 3.63) is 64.7 Å². The van der Waals surface area contributed by atoms with E-state index < -0.39 is 17.7 Å². The molecule has 2 aromatic carbocycles. The summed E-state index contributed by atoms with van der Waals surface area (Å²) in [5, 5.41) is 10.3. The topological polar surface area (TPSA) is 20.2 Å². The van der Waals surface area contributed by atoms with Crippen molar-refractivity contribution >= 4 is 11.8 Å². The summed E-state index contributed by atoms with van der Waals surface area (Å²) in [4.78, 5) is 0.904. The minimum absolute atomic E-state index is 0.253. The Morgan fingerprint density at radius 1 is 1.06 bits per heavy atom. The zero-order valence-corrected chi connectivity index (χ0v) is 10.2. The number of benzene rings is 2. The summed E-state index contributed by atoms with van der Waals surface area (Å²) in [5.41, 5.74) is 1.45. The molecule has 0 fully saturated rings. The third kappa shape index (κ3) is 1.72. The van der Waals surface area contributed by atoms with Gasteiger partial charge in [-0.1, -0.05) is 24.3 Å². The van der Waals surface area contributed by atoms with E-state index >= 15 is 0 Å². The van der Waals surface area contributed by atoms with Gasteiger partial charge < -0.3 is 5.11 Å². The average molecular weight is 264 g/mol. The largest absolute Gasteiger partial charge is 0.384 e. The molecule has 0 saturated heterocycles. The van der Waals surface area contributed by atoms with Gasteiger partial charge in [-0.05, 0) is 23.3 Å². The van der Waals surface area contributed by atoms with Crippen molar-refractivity contribution in [2.45, 2.75) is 16.8 Å². The zero-order valence-electron chi connectivity index (χ0n) is 9.36. The van der Waals surface area contributed by atoms with Crippen LogP contribution in [0.3, 0.4) is 0 Å². The van der Waals surface area contributed by atoms with Crippen LogP contribution in [-0.2, 0) is 5.75 Å². The van der Waals surface area contributed by atoms with Crippen LogP contribution < -0.4 is 0 Å². The Kier molecular flexibility index (Phi) is 2.84. The molecule has 1 atom stereocenters. The van der Waals surface area contributed by atoms with Gasteiger partial charge in [0.15, 0.2) is 11.6 Å². The first kappa shape index (κ1) is 11.7. The number of halogens is 2. The normalized spacial score (nSPS) is 17.8. The van der Waals surface area contributed by atoms with Crippen LogP contribution in [0.15, 0.2) is 41.3 Å². The summed E-state index contributed by atoms with van der Waals surface area (Å²) < 4.78 is 27.0. The smallest absolute Gasteiger partial charge is 0.163 e. The fourth-order valence-corrected chi connectivity index (χ4v) is 3.28. The lowest BCUT2D eigenvalue weighted by Crippen LogP contribution is -2.05. The standard InChI is InChI=1S/C14H10F2OS/c15-11-6-5-8-10(13(11)16)7-18-12-4-2-1-3-9(12)14(8)17/h1-6,14,17H,7H2. The van der Waals surface area contributed by atoms with E-state index in [1.165, 1.54) is 17.8 Å². The van der Waals surface area contributed by atoms with Gasteiger partial charge in [0, 0.05) is 16.2 Å². The molecule has 0 bridgehead atoms. The molecule has 18 heavy (non-hydrogen) atoms. The van der Waals surface area contributed by atoms with Crippen LogP contribution in [0.2, 0.25) is 0 Å². The Morgan fingerprint density at radius 2 is 1.83 bits per heavy atom. The molecule has 0 saturated carbocycles. The van der Waals surface area contributed by atoms with Crippen molar-refractivity contribution in [3.63, 3.8) is 0 Å². The first-order chi connectivity index (χ1) is 8.68. The summed E-state index contributed by atoms with van der Waals surface area (Å²) in [7, 11) is 0. The molecule has 1 unspecified atom stereocenters. The molecule has 1 N–H and O–H groups in total. The van der Waals surface area contributed by atoms with E-state index in [0.717, 1.165) is 16.5 Å². The van der Waals surface area contributed by atoms with Gasteiger partial charge in [-0.2, -0.15) is 0 Å². The van der Waals surface area contributed by atoms with Gasteiger partial charge in [0.2, 0.25) is 0 Å². The van der Waals surface area contributed by atoms with Crippen molar-refractivity contribution in [2.75, 3.05) is 0 Å². The Balaban J connectivity index is 2.21. The van der Waals surface area contributed by atoms with Crippen LogP contribution in [0.25, 0.3) is 0 Å². The van der Waals surface area contributed by atoms with Gasteiger partial charge in [0.25, 0.3) is 0 Å². The second-order valence-corrected chi connectivity index (χ2v) is 5.18. The van der Waals surface area contributed by atoms with E-state index in [1.807, 2.05) is 24.3 Å². The lowest BCUT2D eigenvalue weighted by atomic mass is 9.97. The third-order valence-corrected chi connectivity index (χ3v) is 4.23. The molecule has 1 aliphatic rings. The van der Waals surface area contributed by atoms with Crippen LogP contribution in [0.1, 0.15) is 22.8 Å². The van der Waals surface area contributed by atoms with Crippen LogP contribution in [-0.4, -0.2) is 5.11 Å². The average Bonchev–Trinajstić information content (AvgIpc) is 2.53. The van der Waals surface area contributed by atoms with Crippen LogP contribution in [0.5, 0.6) is 0 Å². The lowest BCUT2D eigenvalue weighted by molar-refractivity contribution is 0.216. The maximum absolute atomic E-state index is 13.8. The summed E-state index contributed by atoms with van der Waals surface area (Å²) in [6, 6.07) is 9.91. The molecular formula is C14H10F2OS. The molecular weight excluding hydrogens is 254 g/mol. The van der Waals surface area contributed by atoms with Crippen molar-refractivity contribution in [3.8, 4) is 0 Å². The molecule has 92 valence electrons. The molecule has 0 radical (unpaired) electrons. The number of aliphatic hydroxyl groups excluding tert-OH is 1. The highest BCUT2D eigenvalue weighted by molar-refractivity contribution is 7.98. The van der Waals surface area contributed by atoms with Crippen molar-refractivity contribution in [1.29, 1.82) is 0 Å². The van der Waals surface area contributed by atoms with Gasteiger partial charge in [0.05, 0.1) is 0 Å². The number of rotatable bonds is 0.